The number of nitrogens with one attached hydrogen (secondary N) is 5. The van der Waals surface area contributed by atoms with Gasteiger partial charge in [-0.05, 0) is 68.9 Å². The van der Waals surface area contributed by atoms with Crippen LogP contribution in [0.5, 0.6) is 0 Å². The van der Waals surface area contributed by atoms with Crippen molar-refractivity contribution in [2.24, 2.45) is 0 Å². The fourth-order valence-electron chi connectivity index (χ4n) is 5.68. The van der Waals surface area contributed by atoms with E-state index in [9.17, 15) is 9.59 Å². The molecule has 2 aromatic carbocycles. The molecule has 5 N–H and O–H groups in total. The number of quaternary nitrogens is 2. The molecule has 7 heteroatoms. The molecule has 1 aromatic heterocycles. The van der Waals surface area contributed by atoms with Gasteiger partial charge >= 0.3 is 0 Å². The van der Waals surface area contributed by atoms with Crippen LogP contribution in [0.1, 0.15) is 51.4 Å². The second-order valence-electron chi connectivity index (χ2n) is 10.6. The van der Waals surface area contributed by atoms with E-state index in [4.69, 9.17) is 0 Å². The Hall–Kier alpha value is -3.03. The lowest BCUT2D eigenvalue weighted by Gasteiger charge is -2.23. The summed E-state index contributed by atoms with van der Waals surface area (Å²) >= 11 is 0. The van der Waals surface area contributed by atoms with Gasteiger partial charge in [-0.15, -0.1) is 0 Å². The molecule has 0 radical (unpaired) electrons. The number of hydrogen-bond acceptors (Lipinski definition) is 2. The van der Waals surface area contributed by atoms with Crippen molar-refractivity contribution in [3.8, 4) is 0 Å². The van der Waals surface area contributed by atoms with Gasteiger partial charge in [-0.3, -0.25) is 9.59 Å². The van der Waals surface area contributed by atoms with Crippen LogP contribution < -0.4 is 25.4 Å². The molecule has 0 bridgehead atoms. The Kier molecular flexibility index (Phi) is 8.08. The number of hydrogen-bond donors (Lipinski definition) is 4. The molecule has 3 aromatic rings. The van der Waals surface area contributed by atoms with Crippen LogP contribution in [0.2, 0.25) is 0 Å². The van der Waals surface area contributed by atoms with E-state index in [2.05, 4.69) is 21.7 Å². The van der Waals surface area contributed by atoms with Gasteiger partial charge in [0.25, 0.3) is 0 Å². The van der Waals surface area contributed by atoms with Crippen LogP contribution >= 0.6 is 0 Å². The van der Waals surface area contributed by atoms with Crippen LogP contribution in [0.3, 0.4) is 0 Å². The third kappa shape index (κ3) is 6.59. The summed E-state index contributed by atoms with van der Waals surface area (Å²) < 4.78 is 0. The van der Waals surface area contributed by atoms with Crippen molar-refractivity contribution in [2.45, 2.75) is 51.4 Å². The van der Waals surface area contributed by atoms with Crippen molar-refractivity contribution in [1.82, 2.24) is 0 Å². The van der Waals surface area contributed by atoms with Crippen molar-refractivity contribution in [3.05, 3.63) is 42.5 Å². The maximum absolute atomic E-state index is 12.5. The minimum Gasteiger partial charge on any atom is -0.335 e. The van der Waals surface area contributed by atoms with Crippen LogP contribution in [0.25, 0.3) is 21.8 Å². The zero-order valence-corrected chi connectivity index (χ0v) is 21.3. The van der Waals surface area contributed by atoms with Gasteiger partial charge in [0, 0.05) is 34.3 Å². The van der Waals surface area contributed by atoms with E-state index in [1.54, 1.807) is 9.80 Å². The second kappa shape index (κ2) is 11.8. The molecule has 190 valence electrons. The van der Waals surface area contributed by atoms with Gasteiger partial charge < -0.3 is 20.4 Å². The Morgan fingerprint density at radius 3 is 1.53 bits per heavy atom. The number of carbonyl (C=O) groups is 2. The summed E-state index contributed by atoms with van der Waals surface area (Å²) in [6.45, 7) is 6.56. The van der Waals surface area contributed by atoms with Gasteiger partial charge in [-0.2, -0.15) is 0 Å². The summed E-state index contributed by atoms with van der Waals surface area (Å²) in [4.78, 5) is 31.6. The maximum atomic E-state index is 12.5. The smallest absolute Gasteiger partial charge is 0.230 e. The first-order chi connectivity index (χ1) is 17.6. The van der Waals surface area contributed by atoms with Crippen molar-refractivity contribution < 1.29 is 24.4 Å². The molecular weight excluding hydrogens is 450 g/mol. The number of aromatic amines is 1. The first-order valence-corrected chi connectivity index (χ1v) is 13.8. The van der Waals surface area contributed by atoms with E-state index in [0.717, 1.165) is 46.3 Å². The number of likely N-dealkylation sites (tertiary alicyclic amines) is 2. The highest BCUT2D eigenvalue weighted by Crippen LogP contribution is 2.22. The number of aromatic nitrogens is 1. The van der Waals surface area contributed by atoms with E-state index in [1.807, 2.05) is 36.4 Å². The molecule has 0 aliphatic carbocycles. The van der Waals surface area contributed by atoms with Crippen molar-refractivity contribution >= 4 is 45.0 Å². The maximum Gasteiger partial charge on any atom is 0.230 e. The molecule has 0 unspecified atom stereocenters. The summed E-state index contributed by atoms with van der Waals surface area (Å²) in [6.07, 6.45) is 8.85. The summed E-state index contributed by atoms with van der Waals surface area (Å²) in [7, 11) is 0. The number of piperidine rings is 2. The van der Waals surface area contributed by atoms with Crippen LogP contribution in [0.4, 0.5) is 11.4 Å². The normalized spacial score (nSPS) is 17.3. The third-order valence-electron chi connectivity index (χ3n) is 7.79. The highest BCUT2D eigenvalue weighted by Gasteiger charge is 2.17. The largest absolute Gasteiger partial charge is 0.335 e. The fourth-order valence-corrected chi connectivity index (χ4v) is 5.68. The molecule has 0 atom stereocenters. The van der Waals surface area contributed by atoms with Gasteiger partial charge in [0.15, 0.2) is 0 Å². The Balaban J connectivity index is 1.21. The van der Waals surface area contributed by atoms with Gasteiger partial charge in [0.05, 0.1) is 52.1 Å². The van der Waals surface area contributed by atoms with Crippen LogP contribution in [0, 0.1) is 0 Å². The van der Waals surface area contributed by atoms with E-state index in [1.165, 1.54) is 64.7 Å². The lowest BCUT2D eigenvalue weighted by atomic mass is 10.1. The molecule has 36 heavy (non-hydrogen) atoms. The minimum absolute atomic E-state index is 0.0737. The van der Waals surface area contributed by atoms with Crippen LogP contribution in [-0.2, 0) is 9.59 Å². The molecule has 2 amide bonds. The van der Waals surface area contributed by atoms with Crippen LogP contribution in [-0.4, -0.2) is 51.1 Å². The molecule has 0 saturated carbocycles. The van der Waals surface area contributed by atoms with Gasteiger partial charge in [0.1, 0.15) is 0 Å². The van der Waals surface area contributed by atoms with E-state index in [-0.39, 0.29) is 11.8 Å². The average molecular weight is 491 g/mol. The first-order valence-electron chi connectivity index (χ1n) is 13.8. The first kappa shape index (κ1) is 24.7. The van der Waals surface area contributed by atoms with Gasteiger partial charge in [-0.25, -0.2) is 4.98 Å². The number of H-pyrrole nitrogens is 1. The summed E-state index contributed by atoms with van der Waals surface area (Å²) in [6, 6.07) is 14.1. The average Bonchev–Trinajstić information content (AvgIpc) is 2.91. The van der Waals surface area contributed by atoms with Crippen LogP contribution in [0.15, 0.2) is 42.5 Å². The quantitative estimate of drug-likeness (QED) is 0.362. The lowest BCUT2D eigenvalue weighted by molar-refractivity contribution is -0.904. The topological polar surface area (TPSA) is 81.2 Å². The summed E-state index contributed by atoms with van der Waals surface area (Å²) in [5.74, 6) is 0.147. The lowest BCUT2D eigenvalue weighted by Crippen LogP contribution is -3.12. The highest BCUT2D eigenvalue weighted by molar-refractivity contribution is 5.96. The van der Waals surface area contributed by atoms with Crippen molar-refractivity contribution in [1.29, 1.82) is 0 Å². The number of anilines is 2. The number of amides is 2. The second-order valence-corrected chi connectivity index (χ2v) is 10.6. The third-order valence-corrected chi connectivity index (χ3v) is 7.79. The SMILES string of the molecule is O=C(CC[NH+]1CCCCC1)Nc1ccc2cc3ccc(NC(=O)CC[NH+]4CCCCC4)cc3[nH+]c2c1. The highest BCUT2D eigenvalue weighted by atomic mass is 16.2. The molecule has 2 saturated heterocycles. The molecular formula is C29H40N5O2+3. The molecule has 2 aliphatic rings. The Labute approximate surface area is 213 Å². The summed E-state index contributed by atoms with van der Waals surface area (Å²) in [5.41, 5.74) is 3.53. The Morgan fingerprint density at radius 1 is 0.639 bits per heavy atom. The zero-order valence-electron chi connectivity index (χ0n) is 21.3. The Bertz CT molecular complexity index is 1120. The van der Waals surface area contributed by atoms with Crippen molar-refractivity contribution in [2.75, 3.05) is 49.9 Å². The predicted octanol–water partition coefficient (Wildman–Crippen LogP) is 1.60. The molecule has 2 aliphatic heterocycles. The zero-order chi connectivity index (χ0) is 24.7. The number of rotatable bonds is 8. The minimum atomic E-state index is 0.0737. The van der Waals surface area contributed by atoms with Gasteiger partial charge in [-0.1, -0.05) is 0 Å². The van der Waals surface area contributed by atoms with E-state index in [0.29, 0.717) is 12.8 Å². The summed E-state index contributed by atoms with van der Waals surface area (Å²) in [5, 5.41) is 8.30. The van der Waals surface area contributed by atoms with E-state index < -0.39 is 0 Å². The monoisotopic (exact) mass is 490 g/mol. The Morgan fingerprint density at radius 2 is 1.08 bits per heavy atom. The molecule has 3 heterocycles. The standard InChI is InChI=1S/C29H37N5O2/c35-28(11-17-33-13-3-1-4-14-33)30-24-9-7-22-19-23-8-10-25(21-27(23)32-26(22)20-24)31-29(36)12-18-34-15-5-2-6-16-34/h7-10,19-21H,1-6,11-18H2,(H,30,35)(H,31,36)/p+3. The molecule has 0 spiro atoms. The van der Waals surface area contributed by atoms with Crippen molar-refractivity contribution in [3.63, 3.8) is 0 Å². The number of benzene rings is 2. The van der Waals surface area contributed by atoms with E-state index >= 15 is 0 Å². The fraction of sp³-hybridized carbons (Fsp3) is 0.483. The molecule has 5 rings (SSSR count). The number of fused-ring (bicyclic) bond motifs is 2. The number of pyridine rings is 1. The van der Waals surface area contributed by atoms with Gasteiger partial charge in [0.2, 0.25) is 22.8 Å². The molecule has 2 fully saturated rings. The number of carbonyl (C=O) groups excluding carboxylic acids is 2. The molecule has 7 nitrogen and oxygen atoms in total. The predicted molar refractivity (Wildman–Crippen MR) is 143 cm³/mol.